The summed E-state index contributed by atoms with van der Waals surface area (Å²) in [5.74, 6) is 0. The highest BCUT2D eigenvalue weighted by Crippen LogP contribution is 2.25. The zero-order valence-corrected chi connectivity index (χ0v) is 13.7. The molecule has 0 saturated carbocycles. The highest BCUT2D eigenvalue weighted by molar-refractivity contribution is 6.01. The van der Waals surface area contributed by atoms with E-state index < -0.39 is 24.3 Å². The van der Waals surface area contributed by atoms with Gasteiger partial charge in [-0.3, -0.25) is 9.89 Å². The third kappa shape index (κ3) is 4.54. The van der Waals surface area contributed by atoms with Crippen molar-refractivity contribution in [2.24, 2.45) is 0 Å². The van der Waals surface area contributed by atoms with Gasteiger partial charge in [-0.25, -0.2) is 4.79 Å². The maximum absolute atomic E-state index is 12.5. The number of carbonyl (C=O) groups is 1. The highest BCUT2D eigenvalue weighted by Gasteiger charge is 2.28. The summed E-state index contributed by atoms with van der Waals surface area (Å²) in [6, 6.07) is 10.8. The van der Waals surface area contributed by atoms with E-state index >= 15 is 0 Å². The lowest BCUT2D eigenvalue weighted by molar-refractivity contribution is -0.141. The zero-order valence-electron chi connectivity index (χ0n) is 13.7. The van der Waals surface area contributed by atoms with Crippen LogP contribution in [0.1, 0.15) is 0 Å². The molecule has 0 bridgehead atoms. The number of nitrogens with zero attached hydrogens (tertiary/aromatic N) is 2. The molecule has 0 aliphatic carbocycles. The van der Waals surface area contributed by atoms with Crippen LogP contribution >= 0.6 is 0 Å². The number of rotatable bonds is 4. The van der Waals surface area contributed by atoms with Crippen LogP contribution in [0.5, 0.6) is 0 Å². The lowest BCUT2D eigenvalue weighted by Crippen LogP contribution is -2.31. The van der Waals surface area contributed by atoms with Crippen molar-refractivity contribution in [3.63, 3.8) is 0 Å². The van der Waals surface area contributed by atoms with E-state index in [2.05, 4.69) is 20.8 Å². The lowest BCUT2D eigenvalue weighted by Gasteiger charge is -2.12. The predicted octanol–water partition coefficient (Wildman–Crippen LogP) is 3.44. The van der Waals surface area contributed by atoms with E-state index in [1.54, 1.807) is 0 Å². The molecule has 0 unspecified atom stereocenters. The summed E-state index contributed by atoms with van der Waals surface area (Å²) in [7, 11) is 0. The molecule has 7 nitrogen and oxygen atoms in total. The second kappa shape index (κ2) is 7.36. The maximum Gasteiger partial charge on any atom is 0.406 e. The minimum atomic E-state index is -4.55. The molecule has 0 spiro atoms. The van der Waals surface area contributed by atoms with Crippen LogP contribution in [0.3, 0.4) is 0 Å². The van der Waals surface area contributed by atoms with Crippen LogP contribution in [-0.4, -0.2) is 27.0 Å². The molecule has 0 atom stereocenters. The van der Waals surface area contributed by atoms with Crippen LogP contribution in [0.2, 0.25) is 0 Å². The van der Waals surface area contributed by atoms with Crippen molar-refractivity contribution in [2.75, 3.05) is 10.6 Å². The minimum Gasteiger partial charge on any atom is -0.305 e. The molecule has 140 valence electrons. The molecule has 2 amide bonds. The van der Waals surface area contributed by atoms with Crippen molar-refractivity contribution in [2.45, 2.75) is 12.7 Å². The van der Waals surface area contributed by atoms with E-state index in [-0.39, 0.29) is 5.69 Å². The maximum atomic E-state index is 12.5. The molecule has 3 N–H and O–H groups in total. The summed E-state index contributed by atoms with van der Waals surface area (Å²) < 4.78 is 38.0. The molecular formula is C17H14F3N5O2. The van der Waals surface area contributed by atoms with Gasteiger partial charge in [0.2, 0.25) is 0 Å². The molecule has 3 rings (SSSR count). The number of nitrogens with one attached hydrogen (secondary N) is 3. The number of H-pyrrole nitrogens is 1. The second-order valence-corrected chi connectivity index (χ2v) is 5.57. The van der Waals surface area contributed by atoms with Crippen molar-refractivity contribution < 1.29 is 18.0 Å². The summed E-state index contributed by atoms with van der Waals surface area (Å²) in [4.78, 5) is 24.3. The Kier molecular flexibility index (Phi) is 4.97. The number of pyridine rings is 1. The predicted molar refractivity (Wildman–Crippen MR) is 93.4 cm³/mol. The smallest absolute Gasteiger partial charge is 0.305 e. The molecule has 0 radical (unpaired) electrons. The van der Waals surface area contributed by atoms with E-state index in [0.29, 0.717) is 15.9 Å². The van der Waals surface area contributed by atoms with Crippen LogP contribution in [0, 0.1) is 0 Å². The number of aromatic nitrogens is 3. The fourth-order valence-electron chi connectivity index (χ4n) is 2.43. The van der Waals surface area contributed by atoms with Crippen LogP contribution in [0.15, 0.2) is 59.7 Å². The zero-order chi connectivity index (χ0) is 19.4. The Bertz CT molecular complexity index is 996. The van der Waals surface area contributed by atoms with Crippen LogP contribution in [-0.2, 0) is 6.54 Å². The molecular weight excluding hydrogens is 363 g/mol. The molecule has 0 saturated heterocycles. The van der Waals surface area contributed by atoms with Crippen molar-refractivity contribution in [3.8, 4) is 11.3 Å². The summed E-state index contributed by atoms with van der Waals surface area (Å²) in [5.41, 5.74) is 0.445. The van der Waals surface area contributed by atoms with E-state index in [4.69, 9.17) is 0 Å². The number of hydrogen-bond donors (Lipinski definition) is 3. The monoisotopic (exact) mass is 377 g/mol. The first-order valence-corrected chi connectivity index (χ1v) is 7.76. The Morgan fingerprint density at radius 1 is 1.07 bits per heavy atom. The Morgan fingerprint density at radius 2 is 1.78 bits per heavy atom. The lowest BCUT2D eigenvalue weighted by atomic mass is 10.1. The summed E-state index contributed by atoms with van der Waals surface area (Å²) >= 11 is 0. The van der Waals surface area contributed by atoms with Crippen molar-refractivity contribution in [1.29, 1.82) is 0 Å². The van der Waals surface area contributed by atoms with Crippen molar-refractivity contribution >= 4 is 17.4 Å². The van der Waals surface area contributed by atoms with Gasteiger partial charge in [-0.1, -0.05) is 30.3 Å². The summed E-state index contributed by atoms with van der Waals surface area (Å²) in [6.45, 7) is -1.44. The first-order chi connectivity index (χ1) is 12.8. The van der Waals surface area contributed by atoms with Gasteiger partial charge in [-0.05, 0) is 12.1 Å². The molecule has 0 aliphatic rings. The molecule has 1 aromatic carbocycles. The number of anilines is 2. The van der Waals surface area contributed by atoms with Crippen LogP contribution in [0.4, 0.5) is 29.3 Å². The average molecular weight is 377 g/mol. The number of hydrogen-bond acceptors (Lipinski definition) is 3. The van der Waals surface area contributed by atoms with Gasteiger partial charge in [0.25, 0.3) is 5.56 Å². The highest BCUT2D eigenvalue weighted by atomic mass is 19.4. The first-order valence-electron chi connectivity index (χ1n) is 7.76. The molecule has 0 aliphatic heterocycles. The number of aromatic amines is 1. The van der Waals surface area contributed by atoms with Crippen LogP contribution in [0.25, 0.3) is 11.3 Å². The van der Waals surface area contributed by atoms with Gasteiger partial charge in [0.1, 0.15) is 12.2 Å². The van der Waals surface area contributed by atoms with E-state index in [1.165, 1.54) is 18.3 Å². The van der Waals surface area contributed by atoms with Crippen LogP contribution < -0.4 is 16.2 Å². The van der Waals surface area contributed by atoms with Crippen molar-refractivity contribution in [1.82, 2.24) is 14.8 Å². The van der Waals surface area contributed by atoms with Gasteiger partial charge < -0.3 is 15.2 Å². The quantitative estimate of drug-likeness (QED) is 0.650. The fourth-order valence-corrected chi connectivity index (χ4v) is 2.43. The second-order valence-electron chi connectivity index (χ2n) is 5.57. The topological polar surface area (TPSA) is 91.8 Å². The Labute approximate surface area is 150 Å². The summed E-state index contributed by atoms with van der Waals surface area (Å²) in [5, 5.41) is 11.4. The molecule has 2 heterocycles. The fraction of sp³-hybridized carbons (Fsp3) is 0.118. The van der Waals surface area contributed by atoms with Gasteiger partial charge in [-0.15, -0.1) is 0 Å². The number of carbonyl (C=O) groups excluding carboxylic acids is 1. The van der Waals surface area contributed by atoms with E-state index in [9.17, 15) is 22.8 Å². The number of halogens is 3. The first kappa shape index (κ1) is 18.2. The molecule has 10 heteroatoms. The van der Waals surface area contributed by atoms with E-state index in [0.717, 1.165) is 11.8 Å². The van der Waals surface area contributed by atoms with Gasteiger partial charge in [0.05, 0.1) is 17.6 Å². The van der Waals surface area contributed by atoms with Gasteiger partial charge in [-0.2, -0.15) is 18.3 Å². The number of urea groups is 1. The standard InChI is InChI=1S/C17H14F3N5O2/c18-17(19,20)10-25-8-4-7-12(15(25)26)22-16(27)23-13-9-21-24-14(13)11-5-2-1-3-6-11/h1-9H,10H2,(H,21,24)(H2,22,23,27). The largest absolute Gasteiger partial charge is 0.406 e. The molecule has 2 aromatic heterocycles. The third-order valence-electron chi connectivity index (χ3n) is 3.57. The normalized spacial score (nSPS) is 11.2. The Balaban J connectivity index is 1.76. The van der Waals surface area contributed by atoms with Crippen molar-refractivity contribution in [3.05, 3.63) is 65.2 Å². The molecule has 3 aromatic rings. The number of alkyl halides is 3. The van der Waals surface area contributed by atoms with Gasteiger partial charge in [0, 0.05) is 11.8 Å². The Morgan fingerprint density at radius 3 is 2.48 bits per heavy atom. The van der Waals surface area contributed by atoms with Gasteiger partial charge in [0.15, 0.2) is 0 Å². The average Bonchev–Trinajstić information content (AvgIpc) is 3.06. The molecule has 27 heavy (non-hydrogen) atoms. The van der Waals surface area contributed by atoms with E-state index in [1.807, 2.05) is 30.3 Å². The molecule has 0 fully saturated rings. The third-order valence-corrected chi connectivity index (χ3v) is 3.57. The minimum absolute atomic E-state index is 0.274. The Hall–Kier alpha value is -3.56. The number of amides is 2. The number of benzene rings is 1. The SMILES string of the molecule is O=C(Nc1cn[nH]c1-c1ccccc1)Nc1cccn(CC(F)(F)F)c1=O. The van der Waals surface area contributed by atoms with Gasteiger partial charge >= 0.3 is 12.2 Å². The summed E-state index contributed by atoms with van der Waals surface area (Å²) in [6.07, 6.45) is -2.16.